The molecule has 5 atom stereocenters. The van der Waals surface area contributed by atoms with E-state index in [2.05, 4.69) is 249 Å². The van der Waals surface area contributed by atoms with Crippen molar-refractivity contribution in [2.45, 2.75) is 122 Å². The summed E-state index contributed by atoms with van der Waals surface area (Å²) in [5, 5.41) is 32.8. The van der Waals surface area contributed by atoms with Gasteiger partial charge in [-0.2, -0.15) is 0 Å². The molecule has 16 nitrogen and oxygen atoms in total. The van der Waals surface area contributed by atoms with E-state index in [0.717, 1.165) is 115 Å². The summed E-state index contributed by atoms with van der Waals surface area (Å²) >= 11 is 0. The van der Waals surface area contributed by atoms with Crippen molar-refractivity contribution < 1.29 is 291 Å². The molecule has 9 N–H and O–H groups in total. The zero-order valence-corrected chi connectivity index (χ0v) is 113. The zero-order chi connectivity index (χ0) is 91.8. The van der Waals surface area contributed by atoms with E-state index in [1.54, 1.807) is 0 Å². The summed E-state index contributed by atoms with van der Waals surface area (Å²) in [6, 6.07) is 114. The standard InChI is InChI=1S/C33H34N2O.C21H26N2O.C20H24N2O.C15H14O2.C13H20N2.C6H14N2.2C2H6.CH4O.8CH3.8Y/c36-32(23-31(27-13-5-1-6-14-27)28-15-7-2-8-16-28)35-22-21-26(25-35)24-34-33(29-17-9-3-10-18-29)30-19-11-4-12-20-30;1-22-15-17-12-13-23(16-17)21(24)14-20(18-8-4-2-5-9-18)19-10-6-3-7-11-19;21-14-16-11-12-22(15-16)20(23)13-19(17-7-3-1-4-8-17)18-9-5-2-6-10-18;16-15(17)11-14(12-7-3-1-4-8-12)13-9-5-2-6-10-13;1-14-9-13-7-8-15(11-13)10-12-5-3-2-4-6-12;1-7-4-6-2-3-8-5-6;3*1-2;;;;;;;;;;;;;;;;/h1-20,26,31,33-34H,21-25H2;2-11,17,20,22H,12-16H2,1H3;1-10,16,19H,11-15,21H2;1-10,14H,11H2,(H,16,17);2-6,13-14H,7-11H2,1H3;6-8H,2-5H2,1H3;2*1-2H3;2H,1H3;8*1H3;;;;;;;;/q;;;;;;;;;8*-1;;;;;;;;. The van der Waals surface area contributed by atoms with Gasteiger partial charge in [0.1, 0.15) is 0 Å². The van der Waals surface area contributed by atoms with Gasteiger partial charge >= 0.3 is 5.97 Å². The third-order valence-corrected chi connectivity index (χ3v) is 24.5. The van der Waals surface area contributed by atoms with E-state index in [0.29, 0.717) is 43.6 Å². The fourth-order valence-corrected chi connectivity index (χ4v) is 17.8. The summed E-state index contributed by atoms with van der Waals surface area (Å²) in [5.74, 6) is 3.47. The number of aliphatic carboxylic acids is 1. The molecule has 0 aromatic heterocycles. The van der Waals surface area contributed by atoms with Gasteiger partial charge in [0.15, 0.2) is 0 Å². The molecule has 0 saturated carbocycles. The third kappa shape index (κ3) is 59.0. The van der Waals surface area contributed by atoms with Gasteiger partial charge in [-0.1, -0.05) is 361 Å². The number of rotatable bonds is 30. The van der Waals surface area contributed by atoms with E-state index in [9.17, 15) is 19.2 Å². The van der Waals surface area contributed by atoms with Gasteiger partial charge in [0.25, 0.3) is 0 Å². The summed E-state index contributed by atoms with van der Waals surface area (Å²) in [4.78, 5) is 58.7. The molecule has 16 rings (SSSR count). The monoisotopic (exact) mass is 2570 g/mol. The average Bonchev–Trinajstić information content (AvgIpc) is 1.79. The first-order chi connectivity index (χ1) is 63.4. The zero-order valence-electron chi connectivity index (χ0n) is 90.7. The maximum atomic E-state index is 13.4. The van der Waals surface area contributed by atoms with Gasteiger partial charge in [-0.3, -0.25) is 24.1 Å². The van der Waals surface area contributed by atoms with E-state index in [4.69, 9.17) is 15.9 Å². The molecule has 0 aliphatic carbocycles. The number of amides is 3. The van der Waals surface area contributed by atoms with Gasteiger partial charge in [-0.05, 0) is 190 Å². The molecule has 0 bridgehead atoms. The number of aliphatic hydroxyl groups is 1. The number of carboxylic acid groups (broad SMARTS) is 1. The number of carbonyl (C=O) groups is 4. The number of likely N-dealkylation sites (tertiary alicyclic amines) is 4. The van der Waals surface area contributed by atoms with Gasteiger partial charge in [-0.25, -0.2) is 0 Å². The SMILES string of the molecule is CC.CC.CNCC1CCN(C(=O)CC(c2ccccc2)c2ccccc2)C1.CNCC1CCN(Cc2ccccc2)C1.CNCC1CCNC1.CO.NCC1CCN(C(=O)CC(c2ccccc2)c2ccccc2)C1.O=C(CC(c1ccccc1)c1ccccc1)N1CCC(CNC(c2ccccc2)c2ccccc2)C1.O=C(O)CC(c1ccccc1)c1ccccc1.[CH3-].[CH3-].[CH3-].[CH3-].[CH3-].[CH3-].[CH3-].[CH3-].[Y].[Y].[Y].[Y].[Y].[Y].[Y].[Y]. The largest absolute Gasteiger partial charge is 0.481 e. The Kier molecular flexibility index (Phi) is 108. The Morgan fingerprint density at radius 2 is 0.538 bits per heavy atom. The maximum Gasteiger partial charge on any atom is 0.304 e. The Hall–Kier alpha value is -2.19. The van der Waals surface area contributed by atoms with Crippen molar-refractivity contribution in [2.75, 3.05) is 126 Å². The van der Waals surface area contributed by atoms with Gasteiger partial charge < -0.3 is 117 Å². The van der Waals surface area contributed by atoms with Crippen LogP contribution in [-0.2, 0) is 287 Å². The number of hydrogen-bond acceptors (Lipinski definition) is 12. The van der Waals surface area contributed by atoms with Crippen LogP contribution in [0.25, 0.3) is 0 Å². The molecule has 3 amide bonds. The minimum absolute atomic E-state index is 0. The van der Waals surface area contributed by atoms with Crippen LogP contribution >= 0.6 is 0 Å². The average molecular weight is 2570 g/mol. The van der Waals surface area contributed by atoms with Crippen LogP contribution in [0.5, 0.6) is 0 Å². The van der Waals surface area contributed by atoms with E-state index < -0.39 is 5.97 Å². The number of carboxylic acids is 1. The van der Waals surface area contributed by atoms with Crippen LogP contribution in [0.3, 0.4) is 0 Å². The Bertz CT molecular complexity index is 4580. The van der Waals surface area contributed by atoms with Crippen LogP contribution in [-0.4, -0.2) is 180 Å². The van der Waals surface area contributed by atoms with Gasteiger partial charge in [-0.15, -0.1) is 0 Å². The summed E-state index contributed by atoms with van der Waals surface area (Å²) in [6.07, 6.45) is 7.55. The first-order valence-electron chi connectivity index (χ1n) is 47.3. The molecule has 8 radical (unpaired) electrons. The van der Waals surface area contributed by atoms with Crippen LogP contribution < -0.4 is 32.3 Å². The van der Waals surface area contributed by atoms with E-state index in [-0.39, 0.29) is 375 Å². The molecule has 11 aromatic carbocycles. The maximum absolute atomic E-state index is 13.4. The van der Waals surface area contributed by atoms with Crippen LogP contribution in [0.15, 0.2) is 334 Å². The number of nitrogens with one attached hydrogen (secondary N) is 5. The van der Waals surface area contributed by atoms with Gasteiger partial charge in [0, 0.05) is 371 Å². The van der Waals surface area contributed by atoms with Crippen LogP contribution in [0.2, 0.25) is 0 Å². The van der Waals surface area contributed by atoms with E-state index in [1.807, 2.05) is 180 Å². The molecule has 11 aromatic rings. The quantitative estimate of drug-likeness (QED) is 0.0197. The summed E-state index contributed by atoms with van der Waals surface area (Å²) in [6.45, 7) is 24.0. The second kappa shape index (κ2) is 97.5. The second-order valence-electron chi connectivity index (χ2n) is 33.5. The molecule has 5 saturated heterocycles. The van der Waals surface area contributed by atoms with Crippen molar-refractivity contribution in [3.63, 3.8) is 0 Å². The molecule has 5 aliphatic rings. The normalized spacial score (nSPS) is 14.8. The van der Waals surface area contributed by atoms with Crippen molar-refractivity contribution >= 4 is 23.7 Å². The minimum Gasteiger partial charge on any atom is -0.481 e. The predicted molar refractivity (Wildman–Crippen MR) is 586 cm³/mol. The fraction of sp³-hybridized carbons (Fsp3) is 0.355. The molecule has 5 unspecified atom stereocenters. The summed E-state index contributed by atoms with van der Waals surface area (Å²) in [5.41, 5.74) is 19.0. The Labute approximate surface area is 1080 Å². The molecule has 5 aliphatic heterocycles. The smallest absolute Gasteiger partial charge is 0.304 e. The predicted octanol–water partition coefficient (Wildman–Crippen LogP) is 22.8. The van der Waals surface area contributed by atoms with E-state index >= 15 is 0 Å². The molecule has 5 heterocycles. The molecule has 24 heteroatoms. The fourth-order valence-electron chi connectivity index (χ4n) is 17.8. The number of hydrogen-bond donors (Lipinski definition) is 8. The molecule has 774 valence electrons. The number of nitrogens with two attached hydrogens (primary N) is 1. The van der Waals surface area contributed by atoms with Crippen molar-refractivity contribution in [1.29, 1.82) is 0 Å². The first kappa shape index (κ1) is 160. The number of aliphatic hydroxyl groups excluding tert-OH is 1. The second-order valence-corrected chi connectivity index (χ2v) is 33.5. The number of benzene rings is 11. The summed E-state index contributed by atoms with van der Waals surface area (Å²) in [7, 11) is 7.03. The molecule has 145 heavy (non-hydrogen) atoms. The molecule has 5 fully saturated rings. The Balaban J connectivity index is -0.000000220. The van der Waals surface area contributed by atoms with Gasteiger partial charge in [0.2, 0.25) is 17.7 Å². The van der Waals surface area contributed by atoms with E-state index in [1.165, 1.54) is 95.6 Å². The van der Waals surface area contributed by atoms with Crippen LogP contribution in [0, 0.1) is 89.0 Å². The molecular formula is C121H172N10O6Y8-8. The van der Waals surface area contributed by atoms with Crippen molar-refractivity contribution in [3.05, 3.63) is 454 Å². The Morgan fingerprint density at radius 3 is 0.786 bits per heavy atom. The third-order valence-electron chi connectivity index (χ3n) is 24.5. The van der Waals surface area contributed by atoms with Gasteiger partial charge in [0.05, 0.1) is 12.5 Å². The van der Waals surface area contributed by atoms with Crippen molar-refractivity contribution in [3.8, 4) is 0 Å². The molecular weight excluding hydrogens is 2400 g/mol. The van der Waals surface area contributed by atoms with Crippen LogP contribution in [0.1, 0.15) is 176 Å². The minimum atomic E-state index is -0.775. The Morgan fingerprint density at radius 1 is 0.310 bits per heavy atom. The number of nitrogens with zero attached hydrogens (tertiary/aromatic N) is 4. The first-order valence-corrected chi connectivity index (χ1v) is 47.3. The topological polar surface area (TPSA) is 208 Å². The van der Waals surface area contributed by atoms with Crippen LogP contribution in [0.4, 0.5) is 0 Å². The summed E-state index contributed by atoms with van der Waals surface area (Å²) < 4.78 is 0. The van der Waals surface area contributed by atoms with Crippen molar-refractivity contribution in [2.24, 2.45) is 35.3 Å². The van der Waals surface area contributed by atoms with Crippen molar-refractivity contribution in [1.82, 2.24) is 46.2 Å². The molecule has 0 spiro atoms. The number of carbonyl (C=O) groups excluding carboxylic acids is 3.